The van der Waals surface area contributed by atoms with Gasteiger partial charge in [-0.1, -0.05) is 6.07 Å². The molecule has 1 aliphatic carbocycles. The van der Waals surface area contributed by atoms with Gasteiger partial charge in [0.05, 0.1) is 24.2 Å². The number of amides is 2. The highest BCUT2D eigenvalue weighted by Gasteiger charge is 2.53. The van der Waals surface area contributed by atoms with Crippen LogP contribution in [-0.4, -0.2) is 42.3 Å². The molecule has 2 fully saturated rings. The zero-order valence-electron chi connectivity index (χ0n) is 13.0. The van der Waals surface area contributed by atoms with E-state index in [0.717, 1.165) is 6.07 Å². The van der Waals surface area contributed by atoms with Gasteiger partial charge in [0.1, 0.15) is 11.9 Å². The van der Waals surface area contributed by atoms with Crippen LogP contribution in [0.15, 0.2) is 18.2 Å². The first-order valence-electron chi connectivity index (χ1n) is 7.59. The van der Waals surface area contributed by atoms with Crippen LogP contribution in [-0.2, 0) is 19.7 Å². The second kappa shape index (κ2) is 5.77. The Morgan fingerprint density at radius 3 is 2.71 bits per heavy atom. The summed E-state index contributed by atoms with van der Waals surface area (Å²) >= 11 is 0. The molecule has 1 aromatic rings. The average molecular weight is 336 g/mol. The van der Waals surface area contributed by atoms with Gasteiger partial charge in [0.15, 0.2) is 0 Å². The van der Waals surface area contributed by atoms with E-state index in [0.29, 0.717) is 18.5 Å². The lowest BCUT2D eigenvalue weighted by atomic mass is 9.95. The van der Waals surface area contributed by atoms with E-state index in [4.69, 9.17) is 4.74 Å². The molecule has 3 rings (SSSR count). The third-order valence-electron chi connectivity index (χ3n) is 4.39. The number of nitrogens with one attached hydrogen (secondary N) is 1. The molecule has 1 saturated carbocycles. The van der Waals surface area contributed by atoms with Crippen molar-refractivity contribution in [2.75, 3.05) is 18.0 Å². The Labute approximate surface area is 137 Å². The van der Waals surface area contributed by atoms with E-state index in [-0.39, 0.29) is 24.6 Å². The normalized spacial score (nSPS) is 21.3. The minimum Gasteiger partial charge on any atom is -0.481 e. The van der Waals surface area contributed by atoms with Crippen molar-refractivity contribution in [3.63, 3.8) is 0 Å². The second-order valence-corrected chi connectivity index (χ2v) is 6.10. The maximum Gasteiger partial charge on any atom is 0.414 e. The molecule has 1 atom stereocenters. The van der Waals surface area contributed by atoms with Crippen molar-refractivity contribution in [2.45, 2.75) is 31.3 Å². The van der Waals surface area contributed by atoms with Crippen molar-refractivity contribution < 1.29 is 28.6 Å². The fourth-order valence-corrected chi connectivity index (χ4v) is 2.88. The highest BCUT2D eigenvalue weighted by Crippen LogP contribution is 2.49. The number of nitrogens with zero attached hydrogens (tertiary/aromatic N) is 1. The molecule has 2 N–H and O–H groups in total. The molecule has 1 unspecified atom stereocenters. The minimum atomic E-state index is -1.14. The van der Waals surface area contributed by atoms with Gasteiger partial charge in [0.2, 0.25) is 5.91 Å². The number of rotatable bonds is 5. The molecule has 0 radical (unpaired) electrons. The van der Waals surface area contributed by atoms with E-state index < -0.39 is 29.4 Å². The van der Waals surface area contributed by atoms with Gasteiger partial charge in [0, 0.05) is 12.5 Å². The van der Waals surface area contributed by atoms with E-state index in [1.54, 1.807) is 0 Å². The number of carboxylic acid groups (broad SMARTS) is 1. The van der Waals surface area contributed by atoms with Crippen LogP contribution in [0.3, 0.4) is 0 Å². The molecule has 1 aliphatic heterocycles. The Morgan fingerprint density at radius 1 is 1.46 bits per heavy atom. The van der Waals surface area contributed by atoms with Gasteiger partial charge in [-0.05, 0) is 25.0 Å². The first-order valence-corrected chi connectivity index (χ1v) is 7.59. The van der Waals surface area contributed by atoms with Gasteiger partial charge in [0.25, 0.3) is 0 Å². The number of carboxylic acids is 1. The van der Waals surface area contributed by atoms with Crippen LogP contribution in [0.25, 0.3) is 0 Å². The Hall–Kier alpha value is -2.64. The zero-order chi connectivity index (χ0) is 17.5. The molecule has 8 heteroatoms. The zero-order valence-corrected chi connectivity index (χ0v) is 13.0. The molecule has 1 heterocycles. The van der Waals surface area contributed by atoms with E-state index >= 15 is 0 Å². The van der Waals surface area contributed by atoms with Crippen LogP contribution >= 0.6 is 0 Å². The Bertz CT molecular complexity index is 716. The standard InChI is InChI=1S/C16H17FN2O5/c1-9(20)18-7-11-8-19(15(23)24-11)10-2-3-12(13(17)6-10)16(4-5-16)14(21)22/h2-3,6,11H,4-5,7-8H2,1H3,(H,18,20)(H,21,22). The average Bonchev–Trinajstić information content (AvgIpc) is 3.23. The van der Waals surface area contributed by atoms with E-state index in [1.807, 2.05) is 0 Å². The highest BCUT2D eigenvalue weighted by molar-refractivity contribution is 5.90. The maximum atomic E-state index is 14.4. The fourth-order valence-electron chi connectivity index (χ4n) is 2.88. The predicted molar refractivity (Wildman–Crippen MR) is 81.2 cm³/mol. The summed E-state index contributed by atoms with van der Waals surface area (Å²) in [6.07, 6.45) is -0.332. The van der Waals surface area contributed by atoms with Crippen LogP contribution in [0.2, 0.25) is 0 Å². The summed E-state index contributed by atoms with van der Waals surface area (Å²) in [6, 6.07) is 4.09. The maximum absolute atomic E-state index is 14.4. The number of carbonyl (C=O) groups is 3. The molecule has 1 aromatic carbocycles. The molecule has 0 aromatic heterocycles. The van der Waals surface area contributed by atoms with Crippen LogP contribution in [0.5, 0.6) is 0 Å². The molecule has 1 saturated heterocycles. The number of anilines is 1. The minimum absolute atomic E-state index is 0.140. The van der Waals surface area contributed by atoms with Crippen molar-refractivity contribution in [3.05, 3.63) is 29.6 Å². The smallest absolute Gasteiger partial charge is 0.414 e. The van der Waals surface area contributed by atoms with Gasteiger partial charge in [-0.15, -0.1) is 0 Å². The topological polar surface area (TPSA) is 95.9 Å². The lowest BCUT2D eigenvalue weighted by molar-refractivity contribution is -0.140. The van der Waals surface area contributed by atoms with Crippen LogP contribution in [0.4, 0.5) is 14.9 Å². The predicted octanol–water partition coefficient (Wildman–Crippen LogP) is 1.40. The fraction of sp³-hybridized carbons (Fsp3) is 0.438. The van der Waals surface area contributed by atoms with Gasteiger partial charge < -0.3 is 15.2 Å². The molecular weight excluding hydrogens is 319 g/mol. The molecule has 7 nitrogen and oxygen atoms in total. The van der Waals surface area contributed by atoms with E-state index in [1.165, 1.54) is 24.0 Å². The summed E-state index contributed by atoms with van der Waals surface area (Å²) in [4.78, 5) is 35.4. The second-order valence-electron chi connectivity index (χ2n) is 6.10. The van der Waals surface area contributed by atoms with Crippen molar-refractivity contribution in [3.8, 4) is 0 Å². The Morgan fingerprint density at radius 2 is 2.17 bits per heavy atom. The number of hydrogen-bond acceptors (Lipinski definition) is 4. The number of hydrogen-bond donors (Lipinski definition) is 2. The summed E-state index contributed by atoms with van der Waals surface area (Å²) < 4.78 is 19.5. The lowest BCUT2D eigenvalue weighted by Crippen LogP contribution is -2.33. The largest absolute Gasteiger partial charge is 0.481 e. The highest BCUT2D eigenvalue weighted by atomic mass is 19.1. The molecule has 2 aliphatic rings. The Kier molecular flexibility index (Phi) is 3.90. The van der Waals surface area contributed by atoms with Gasteiger partial charge in [-0.2, -0.15) is 0 Å². The first kappa shape index (κ1) is 16.2. The quantitative estimate of drug-likeness (QED) is 0.847. The van der Waals surface area contributed by atoms with Crippen molar-refractivity contribution in [2.24, 2.45) is 0 Å². The molecule has 0 bridgehead atoms. The lowest BCUT2D eigenvalue weighted by Gasteiger charge is -2.16. The number of halogens is 1. The molecule has 2 amide bonds. The van der Waals surface area contributed by atoms with Gasteiger partial charge >= 0.3 is 12.1 Å². The van der Waals surface area contributed by atoms with Crippen molar-refractivity contribution >= 4 is 23.7 Å². The van der Waals surface area contributed by atoms with Crippen molar-refractivity contribution in [1.82, 2.24) is 5.32 Å². The first-order chi connectivity index (χ1) is 11.3. The molecule has 0 spiro atoms. The summed E-state index contributed by atoms with van der Waals surface area (Å²) in [6.45, 7) is 1.72. The number of cyclic esters (lactones) is 1. The third-order valence-corrected chi connectivity index (χ3v) is 4.39. The van der Waals surface area contributed by atoms with E-state index in [9.17, 15) is 23.9 Å². The summed E-state index contributed by atoms with van der Waals surface area (Å²) in [5, 5.41) is 11.8. The Balaban J connectivity index is 1.76. The molecule has 128 valence electrons. The number of carbonyl (C=O) groups excluding carboxylic acids is 2. The molecule has 24 heavy (non-hydrogen) atoms. The summed E-state index contributed by atoms with van der Waals surface area (Å²) in [7, 11) is 0. The van der Waals surface area contributed by atoms with Gasteiger partial charge in [-0.3, -0.25) is 14.5 Å². The monoisotopic (exact) mass is 336 g/mol. The summed E-state index contributed by atoms with van der Waals surface area (Å²) in [5.41, 5.74) is -0.698. The SMILES string of the molecule is CC(=O)NCC1CN(c2ccc(C3(C(=O)O)CC3)c(F)c2)C(=O)O1. The van der Waals surface area contributed by atoms with Crippen LogP contribution < -0.4 is 10.2 Å². The summed E-state index contributed by atoms with van der Waals surface area (Å²) in [5.74, 6) is -1.92. The number of aliphatic carboxylic acids is 1. The van der Waals surface area contributed by atoms with E-state index in [2.05, 4.69) is 5.32 Å². The van der Waals surface area contributed by atoms with Crippen LogP contribution in [0.1, 0.15) is 25.3 Å². The van der Waals surface area contributed by atoms with Gasteiger partial charge in [-0.25, -0.2) is 9.18 Å². The number of ether oxygens (including phenoxy) is 1. The molecular formula is C16H17FN2O5. The third kappa shape index (κ3) is 2.79. The van der Waals surface area contributed by atoms with Crippen molar-refractivity contribution in [1.29, 1.82) is 0 Å². The number of benzene rings is 1. The van der Waals surface area contributed by atoms with Crippen LogP contribution in [0, 0.1) is 5.82 Å².